The average Bonchev–Trinajstić information content (AvgIpc) is 2.73. The van der Waals surface area contributed by atoms with Gasteiger partial charge in [0.1, 0.15) is 5.82 Å². The van der Waals surface area contributed by atoms with Crippen molar-refractivity contribution >= 4 is 10.9 Å². The fourth-order valence-electron chi connectivity index (χ4n) is 3.34. The zero-order valence-electron chi connectivity index (χ0n) is 15.4. The first-order chi connectivity index (χ1) is 13.9. The van der Waals surface area contributed by atoms with Gasteiger partial charge in [-0.2, -0.15) is 13.2 Å². The van der Waals surface area contributed by atoms with E-state index in [1.807, 2.05) is 25.1 Å². The Labute approximate surface area is 164 Å². The predicted molar refractivity (Wildman–Crippen MR) is 105 cm³/mol. The van der Waals surface area contributed by atoms with E-state index in [2.05, 4.69) is 9.97 Å². The minimum Gasteiger partial charge on any atom is -0.268 e. The van der Waals surface area contributed by atoms with Crippen LogP contribution in [0.5, 0.6) is 0 Å². The second kappa shape index (κ2) is 7.16. The van der Waals surface area contributed by atoms with Crippen LogP contribution in [0.4, 0.5) is 13.2 Å². The van der Waals surface area contributed by atoms with Crippen molar-refractivity contribution in [1.29, 1.82) is 0 Å². The summed E-state index contributed by atoms with van der Waals surface area (Å²) in [6.07, 6.45) is -1.91. The molecule has 0 unspecified atom stereocenters. The molecule has 2 aromatic heterocycles. The summed E-state index contributed by atoms with van der Waals surface area (Å²) in [4.78, 5) is 21.8. The Morgan fingerprint density at radius 2 is 1.76 bits per heavy atom. The molecule has 0 saturated carbocycles. The topological polar surface area (TPSA) is 47.8 Å². The van der Waals surface area contributed by atoms with Gasteiger partial charge >= 0.3 is 6.18 Å². The Hall–Kier alpha value is -3.48. The quantitative estimate of drug-likeness (QED) is 0.489. The lowest BCUT2D eigenvalue weighted by Gasteiger charge is -2.15. The van der Waals surface area contributed by atoms with Crippen LogP contribution >= 0.6 is 0 Å². The third-order valence-electron chi connectivity index (χ3n) is 4.67. The molecule has 0 aliphatic heterocycles. The van der Waals surface area contributed by atoms with Gasteiger partial charge in [0.2, 0.25) is 0 Å². The molecule has 0 saturated heterocycles. The van der Waals surface area contributed by atoms with Gasteiger partial charge in [-0.05, 0) is 29.8 Å². The number of hydrogen-bond donors (Lipinski definition) is 0. The van der Waals surface area contributed by atoms with E-state index in [1.165, 1.54) is 10.8 Å². The largest absolute Gasteiger partial charge is 0.417 e. The van der Waals surface area contributed by atoms with Crippen molar-refractivity contribution in [3.05, 3.63) is 88.7 Å². The zero-order chi connectivity index (χ0) is 20.6. The predicted octanol–water partition coefficient (Wildman–Crippen LogP) is 5.03. The van der Waals surface area contributed by atoms with Gasteiger partial charge in [0, 0.05) is 24.4 Å². The summed E-state index contributed by atoms with van der Waals surface area (Å²) in [6.45, 7) is 1.90. The number of alkyl halides is 3. The van der Waals surface area contributed by atoms with Crippen LogP contribution in [0.2, 0.25) is 0 Å². The van der Waals surface area contributed by atoms with Crippen molar-refractivity contribution < 1.29 is 13.2 Å². The average molecular weight is 395 g/mol. The van der Waals surface area contributed by atoms with E-state index in [0.717, 1.165) is 12.3 Å². The Morgan fingerprint density at radius 3 is 2.45 bits per heavy atom. The third kappa shape index (κ3) is 3.40. The molecule has 4 aromatic rings. The summed E-state index contributed by atoms with van der Waals surface area (Å²) in [5.41, 5.74) is 0.480. The number of nitrogens with zero attached hydrogens (tertiary/aromatic N) is 3. The van der Waals surface area contributed by atoms with Gasteiger partial charge in [-0.1, -0.05) is 37.3 Å². The van der Waals surface area contributed by atoms with Crippen LogP contribution in [0.15, 0.2) is 71.8 Å². The molecule has 146 valence electrons. The third-order valence-corrected chi connectivity index (χ3v) is 4.67. The van der Waals surface area contributed by atoms with Crippen molar-refractivity contribution in [3.8, 4) is 16.8 Å². The van der Waals surface area contributed by atoms with Gasteiger partial charge in [0.15, 0.2) is 0 Å². The second-order valence-electron chi connectivity index (χ2n) is 6.52. The maximum absolute atomic E-state index is 13.5. The second-order valence-corrected chi connectivity index (χ2v) is 6.52. The number of rotatable bonds is 3. The number of halogens is 3. The van der Waals surface area contributed by atoms with E-state index >= 15 is 0 Å². The minimum atomic E-state index is -4.52. The fourth-order valence-corrected chi connectivity index (χ4v) is 3.34. The van der Waals surface area contributed by atoms with Crippen LogP contribution in [-0.2, 0) is 12.6 Å². The molecule has 0 spiro atoms. The summed E-state index contributed by atoms with van der Waals surface area (Å²) in [5, 5.41) is 0.259. The lowest BCUT2D eigenvalue weighted by atomic mass is 10.0. The standard InChI is InChI=1S/C22H16F3N3O/c1-2-19-27-18-10-6-9-17(14-11-15(13-26-12-14)22(23,24)25)20(18)21(29)28(19)16-7-4-3-5-8-16/h3-13H,2H2,1H3. The molecule has 0 atom stereocenters. The summed E-state index contributed by atoms with van der Waals surface area (Å²) in [6, 6.07) is 15.0. The van der Waals surface area contributed by atoms with Crippen molar-refractivity contribution in [2.24, 2.45) is 0 Å². The number of aromatic nitrogens is 3. The fraction of sp³-hybridized carbons (Fsp3) is 0.136. The molecule has 0 fully saturated rings. The van der Waals surface area contributed by atoms with Gasteiger partial charge < -0.3 is 0 Å². The Balaban J connectivity index is 2.05. The first-order valence-electron chi connectivity index (χ1n) is 9.03. The van der Waals surface area contributed by atoms with E-state index in [0.29, 0.717) is 29.0 Å². The van der Waals surface area contributed by atoms with Crippen molar-refractivity contribution in [3.63, 3.8) is 0 Å². The number of aryl methyl sites for hydroxylation is 1. The van der Waals surface area contributed by atoms with E-state index in [9.17, 15) is 18.0 Å². The van der Waals surface area contributed by atoms with Crippen LogP contribution in [-0.4, -0.2) is 14.5 Å². The van der Waals surface area contributed by atoms with E-state index in [4.69, 9.17) is 0 Å². The van der Waals surface area contributed by atoms with Crippen LogP contribution in [0.1, 0.15) is 18.3 Å². The monoisotopic (exact) mass is 395 g/mol. The Bertz CT molecular complexity index is 1250. The molecule has 0 bridgehead atoms. The molecular formula is C22H16F3N3O. The van der Waals surface area contributed by atoms with Crippen LogP contribution in [0.25, 0.3) is 27.7 Å². The highest BCUT2D eigenvalue weighted by Crippen LogP contribution is 2.33. The number of pyridine rings is 1. The maximum atomic E-state index is 13.5. The summed E-state index contributed by atoms with van der Waals surface area (Å²) >= 11 is 0. The minimum absolute atomic E-state index is 0.216. The molecule has 0 N–H and O–H groups in total. The summed E-state index contributed by atoms with van der Waals surface area (Å²) in [5.74, 6) is 0.577. The molecule has 2 aromatic carbocycles. The lowest BCUT2D eigenvalue weighted by molar-refractivity contribution is -0.137. The van der Waals surface area contributed by atoms with Crippen molar-refractivity contribution in [2.45, 2.75) is 19.5 Å². The molecule has 4 nitrogen and oxygen atoms in total. The van der Waals surface area contributed by atoms with E-state index < -0.39 is 11.7 Å². The van der Waals surface area contributed by atoms with Gasteiger partial charge in [-0.25, -0.2) is 4.98 Å². The highest BCUT2D eigenvalue weighted by atomic mass is 19.4. The molecule has 29 heavy (non-hydrogen) atoms. The normalized spacial score (nSPS) is 11.7. The van der Waals surface area contributed by atoms with Crippen LogP contribution in [0, 0.1) is 0 Å². The van der Waals surface area contributed by atoms with Gasteiger partial charge in [-0.3, -0.25) is 14.3 Å². The van der Waals surface area contributed by atoms with Crippen molar-refractivity contribution in [1.82, 2.24) is 14.5 Å². The first kappa shape index (κ1) is 18.9. The molecule has 0 amide bonds. The summed E-state index contributed by atoms with van der Waals surface area (Å²) < 4.78 is 40.9. The molecule has 0 aliphatic carbocycles. The van der Waals surface area contributed by atoms with Crippen LogP contribution in [0.3, 0.4) is 0 Å². The smallest absolute Gasteiger partial charge is 0.268 e. The van der Waals surface area contributed by atoms with E-state index in [-0.39, 0.29) is 16.5 Å². The number of benzene rings is 2. The first-order valence-corrected chi connectivity index (χ1v) is 9.03. The van der Waals surface area contributed by atoms with Gasteiger partial charge in [0.05, 0.1) is 22.2 Å². The maximum Gasteiger partial charge on any atom is 0.417 e. The SMILES string of the molecule is CCc1nc2cccc(-c3cncc(C(F)(F)F)c3)c2c(=O)n1-c1ccccc1. The molecule has 0 radical (unpaired) electrons. The number of para-hydroxylation sites is 1. The summed E-state index contributed by atoms with van der Waals surface area (Å²) in [7, 11) is 0. The van der Waals surface area contributed by atoms with Gasteiger partial charge in [0.25, 0.3) is 5.56 Å². The molecular weight excluding hydrogens is 379 g/mol. The van der Waals surface area contributed by atoms with E-state index in [1.54, 1.807) is 30.3 Å². The number of hydrogen-bond acceptors (Lipinski definition) is 3. The molecule has 2 heterocycles. The van der Waals surface area contributed by atoms with Crippen LogP contribution < -0.4 is 5.56 Å². The molecule has 4 rings (SSSR count). The zero-order valence-corrected chi connectivity index (χ0v) is 15.4. The lowest BCUT2D eigenvalue weighted by Crippen LogP contribution is -2.24. The Morgan fingerprint density at radius 1 is 1.00 bits per heavy atom. The molecule has 7 heteroatoms. The molecule has 0 aliphatic rings. The Kier molecular flexibility index (Phi) is 4.66. The van der Waals surface area contributed by atoms with Crippen molar-refractivity contribution in [2.75, 3.05) is 0 Å². The highest BCUT2D eigenvalue weighted by molar-refractivity contribution is 5.94. The highest BCUT2D eigenvalue weighted by Gasteiger charge is 2.31. The number of fused-ring (bicyclic) bond motifs is 1. The van der Waals surface area contributed by atoms with Gasteiger partial charge in [-0.15, -0.1) is 0 Å².